The number of hydrogen-bond donors (Lipinski definition) is 0. The van der Waals surface area contributed by atoms with Crippen molar-refractivity contribution < 1.29 is 0 Å². The molecule has 0 aliphatic carbocycles. The molecule has 0 saturated carbocycles. The molecule has 0 fully saturated rings. The maximum atomic E-state index is 4.23. The van der Waals surface area contributed by atoms with Crippen molar-refractivity contribution in [2.75, 3.05) is 0 Å². The Balaban J connectivity index is -0.000000000672. The first-order valence-electron chi connectivity index (χ1n) is 1.14. The van der Waals surface area contributed by atoms with Crippen LogP contribution in [-0.2, 0) is 0 Å². The minimum atomic E-state index is 0. The van der Waals surface area contributed by atoms with Crippen LogP contribution in [0.5, 0.6) is 0 Å². The molecular formula is C10H52B2N4P2S2-4. The third-order valence-corrected chi connectivity index (χ3v) is 0. The van der Waals surface area contributed by atoms with E-state index in [1.165, 1.54) is 11.7 Å². The topological polar surface area (TPSA) is 134 Å². The predicted molar refractivity (Wildman–Crippen MR) is 135 cm³/mol. The first kappa shape index (κ1) is 315. The molecule has 2 atom stereocenters. The Labute approximate surface area is 153 Å². The first-order chi connectivity index (χ1) is 2.83. The molecule has 0 aromatic rings. The fourth-order valence-corrected chi connectivity index (χ4v) is 0. The van der Waals surface area contributed by atoms with Crippen molar-refractivity contribution in [3.63, 3.8) is 0 Å². The van der Waals surface area contributed by atoms with Crippen molar-refractivity contribution >= 4 is 54.1 Å². The summed E-state index contributed by atoms with van der Waals surface area (Å²) in [6.07, 6.45) is 0. The van der Waals surface area contributed by atoms with Crippen molar-refractivity contribution in [1.29, 1.82) is 0 Å². The van der Waals surface area contributed by atoms with Gasteiger partial charge in [0, 0.05) is 0 Å². The quantitative estimate of drug-likeness (QED) is 0.307. The Morgan fingerprint density at radius 3 is 0.400 bits per heavy atom. The van der Waals surface area contributed by atoms with Crippen LogP contribution in [0.1, 0.15) is 74.3 Å². The zero-order valence-electron chi connectivity index (χ0n) is 5.44. The van der Waals surface area contributed by atoms with Gasteiger partial charge in [0.15, 0.2) is 0 Å². The Morgan fingerprint density at radius 1 is 0.400 bits per heavy atom. The summed E-state index contributed by atoms with van der Waals surface area (Å²) in [5, 5.41) is 0. The summed E-state index contributed by atoms with van der Waals surface area (Å²) in [6, 6.07) is 0. The van der Waals surface area contributed by atoms with Crippen LogP contribution in [0.25, 0.3) is 24.6 Å². The third-order valence-electron chi connectivity index (χ3n) is 0. The van der Waals surface area contributed by atoms with E-state index in [0.717, 1.165) is 0 Å². The van der Waals surface area contributed by atoms with Crippen LogP contribution in [0.4, 0.5) is 0 Å². The van der Waals surface area contributed by atoms with E-state index in [-0.39, 0.29) is 98.9 Å². The van der Waals surface area contributed by atoms with Gasteiger partial charge < -0.3 is 24.6 Å². The van der Waals surface area contributed by atoms with Gasteiger partial charge in [0.1, 0.15) is 0 Å². The Hall–Kier alpha value is 1.27. The average molecular weight is 376 g/mol. The molecule has 0 bridgehead atoms. The fourth-order valence-electron chi connectivity index (χ4n) is 0. The third kappa shape index (κ3) is 3990. The molecule has 10 heteroatoms. The second-order valence-corrected chi connectivity index (χ2v) is 2.45. The summed E-state index contributed by atoms with van der Waals surface area (Å²) < 4.78 is 0. The van der Waals surface area contributed by atoms with Crippen LogP contribution in [0.2, 0.25) is 0 Å². The standard InChI is InChI=1S/10CH4.2BH2PS.4H2N/c;;;;;;;;;;2*2-1-3;;;;/h10*1H4;2*2H2;4*1H2/q;;;;;;;;;;;;4*-1. The Morgan fingerprint density at radius 2 is 0.400 bits per heavy atom. The molecule has 0 rings (SSSR count). The SMILES string of the molecule is C.C.C.C.C.C.C.C.C.C.PB=S.PB=S.[NH2-].[NH2-].[NH2-].[NH2-]. The van der Waals surface area contributed by atoms with Crippen LogP contribution >= 0.6 is 42.3 Å². The summed E-state index contributed by atoms with van der Waals surface area (Å²) in [6.45, 7) is 0. The van der Waals surface area contributed by atoms with Gasteiger partial charge in [0.2, 0.25) is 0 Å². The fraction of sp³-hybridized carbons (Fsp3) is 1.00. The van der Waals surface area contributed by atoms with Crippen molar-refractivity contribution in [3.05, 3.63) is 24.6 Å². The van der Waals surface area contributed by atoms with Crippen molar-refractivity contribution in [3.8, 4) is 0 Å². The van der Waals surface area contributed by atoms with Crippen LogP contribution in [0.15, 0.2) is 0 Å². The molecule has 2 unspecified atom stereocenters. The van der Waals surface area contributed by atoms with Crippen LogP contribution in [0.3, 0.4) is 0 Å². The largest absolute Gasteiger partial charge is 0.693 e. The van der Waals surface area contributed by atoms with Gasteiger partial charge in [-0.3, -0.25) is 0 Å². The second kappa shape index (κ2) is 704. The van der Waals surface area contributed by atoms with Gasteiger partial charge in [-0.15, -0.1) is 0 Å². The maximum absolute atomic E-state index is 4.23. The summed E-state index contributed by atoms with van der Waals surface area (Å²) >= 11 is 8.46. The maximum Gasteiger partial charge on any atom is -0.693 e. The van der Waals surface area contributed by atoms with Gasteiger partial charge in [0.05, 0.1) is 0 Å². The summed E-state index contributed by atoms with van der Waals surface area (Å²) in [7, 11) is 4.54. The molecule has 0 aromatic carbocycles. The number of nitrogens with two attached hydrogens (primary N) is 4. The molecule has 4 nitrogen and oxygen atoms in total. The molecule has 0 radical (unpaired) electrons. The zero-order chi connectivity index (χ0) is 5.41. The van der Waals surface area contributed by atoms with Crippen LogP contribution < -0.4 is 0 Å². The Bertz CT molecular complexity index is 60.2. The van der Waals surface area contributed by atoms with E-state index in [0.29, 0.717) is 0 Å². The molecule has 20 heavy (non-hydrogen) atoms. The molecule has 0 aliphatic rings. The molecule has 0 amide bonds. The molecule has 0 saturated heterocycles. The van der Waals surface area contributed by atoms with E-state index in [2.05, 4.69) is 42.3 Å². The molecular weight excluding hydrogens is 324 g/mol. The summed E-state index contributed by atoms with van der Waals surface area (Å²) in [5.74, 6) is 3.00. The first-order valence-corrected chi connectivity index (χ1v) is 3.41. The minimum absolute atomic E-state index is 0. The van der Waals surface area contributed by atoms with E-state index in [1.54, 1.807) is 0 Å². The van der Waals surface area contributed by atoms with Gasteiger partial charge in [-0.25, -0.2) is 0 Å². The van der Waals surface area contributed by atoms with E-state index in [9.17, 15) is 0 Å². The molecule has 0 heterocycles. The minimum Gasteiger partial charge on any atom is -0.693 e. The number of rotatable bonds is 0. The van der Waals surface area contributed by atoms with Crippen molar-refractivity contribution in [1.82, 2.24) is 0 Å². The van der Waals surface area contributed by atoms with E-state index in [1.807, 2.05) is 0 Å². The van der Waals surface area contributed by atoms with Crippen LogP contribution in [-0.4, -0.2) is 11.7 Å². The van der Waals surface area contributed by atoms with Crippen LogP contribution in [0, 0.1) is 0 Å². The van der Waals surface area contributed by atoms with Crippen molar-refractivity contribution in [2.45, 2.75) is 74.3 Å². The number of hydrogen-bond acceptors (Lipinski definition) is 2. The van der Waals surface area contributed by atoms with Gasteiger partial charge >= 0.3 is 54.1 Å². The predicted octanol–water partition coefficient (Wildman–Crippen LogP) is 10.4. The van der Waals surface area contributed by atoms with E-state index < -0.39 is 0 Å². The Kier molecular flexibility index (Phi) is 11100. The summed E-state index contributed by atoms with van der Waals surface area (Å²) in [5.41, 5.74) is 0. The van der Waals surface area contributed by atoms with Gasteiger partial charge in [0.25, 0.3) is 0 Å². The van der Waals surface area contributed by atoms with E-state index in [4.69, 9.17) is 0 Å². The van der Waals surface area contributed by atoms with E-state index >= 15 is 0 Å². The molecule has 0 aliphatic heterocycles. The monoisotopic (exact) mass is 376 g/mol. The second-order valence-electron chi connectivity index (χ2n) is 0.272. The normalized spacial score (nSPS) is 0.900. The molecule has 0 aromatic heterocycles. The molecule has 8 N–H and O–H groups in total. The van der Waals surface area contributed by atoms with Gasteiger partial charge in [-0.2, -0.15) is 0 Å². The smallest absolute Gasteiger partial charge is 0.693 e. The molecule has 0 spiro atoms. The van der Waals surface area contributed by atoms with Gasteiger partial charge in [-0.1, -0.05) is 74.3 Å². The summed E-state index contributed by atoms with van der Waals surface area (Å²) in [4.78, 5) is 0. The van der Waals surface area contributed by atoms with Gasteiger partial charge in [-0.05, 0) is 0 Å². The molecule has 144 valence electrons. The van der Waals surface area contributed by atoms with Crippen molar-refractivity contribution in [2.24, 2.45) is 0 Å². The average Bonchev–Trinajstić information content (AvgIpc) is 1.39. The zero-order valence-corrected chi connectivity index (χ0v) is 9.38.